The fourth-order valence-electron chi connectivity index (χ4n) is 1.58. The molecule has 0 saturated heterocycles. The zero-order valence-corrected chi connectivity index (χ0v) is 9.86. The van der Waals surface area contributed by atoms with Crippen molar-refractivity contribution in [3.63, 3.8) is 0 Å². The molecule has 0 fully saturated rings. The summed E-state index contributed by atoms with van der Waals surface area (Å²) >= 11 is 0. The molecule has 0 amide bonds. The van der Waals surface area contributed by atoms with Crippen LogP contribution in [0, 0.1) is 5.41 Å². The number of carboxylic acids is 1. The maximum atomic E-state index is 11.0. The summed E-state index contributed by atoms with van der Waals surface area (Å²) in [4.78, 5) is 11.0. The fraction of sp³-hybridized carbons (Fsp3) is 0.462. The molecule has 0 aromatic heterocycles. The molecule has 0 heterocycles. The number of carboxylic acid groups (broad SMARTS) is 1. The summed E-state index contributed by atoms with van der Waals surface area (Å²) in [6, 6.07) is 7.99. The first kappa shape index (κ1) is 12.7. The highest BCUT2D eigenvalue weighted by molar-refractivity contribution is 5.74. The lowest BCUT2D eigenvalue weighted by molar-refractivity contribution is -0.146. The smallest absolute Gasteiger partial charge is 0.309 e. The third kappa shape index (κ3) is 3.35. The Morgan fingerprint density at radius 2 is 1.75 bits per heavy atom. The minimum absolute atomic E-state index is 0.547. The van der Waals surface area contributed by atoms with Gasteiger partial charge in [-0.05, 0) is 44.4 Å². The summed E-state index contributed by atoms with van der Waals surface area (Å²) in [5.74, 6) is -0.765. The quantitative estimate of drug-likeness (QED) is 0.797. The lowest BCUT2D eigenvalue weighted by Gasteiger charge is -2.19. The summed E-state index contributed by atoms with van der Waals surface area (Å²) in [7, 11) is 0. The Kier molecular flexibility index (Phi) is 4.07. The molecule has 0 spiro atoms. The van der Waals surface area contributed by atoms with Crippen molar-refractivity contribution in [2.75, 3.05) is 6.54 Å². The molecule has 0 aliphatic heterocycles. The first-order valence-electron chi connectivity index (χ1n) is 5.47. The van der Waals surface area contributed by atoms with Crippen molar-refractivity contribution < 1.29 is 9.90 Å². The fourth-order valence-corrected chi connectivity index (χ4v) is 1.58. The van der Waals surface area contributed by atoms with Crippen molar-refractivity contribution in [2.45, 2.75) is 26.7 Å². The number of hydrogen-bond donors (Lipinski definition) is 2. The van der Waals surface area contributed by atoms with Crippen LogP contribution in [0.2, 0.25) is 0 Å². The minimum Gasteiger partial charge on any atom is -0.481 e. The second-order valence-electron chi connectivity index (χ2n) is 4.72. The number of benzene rings is 1. The van der Waals surface area contributed by atoms with Gasteiger partial charge in [0.25, 0.3) is 0 Å². The molecule has 0 radical (unpaired) electrons. The average molecular weight is 221 g/mol. The Morgan fingerprint density at radius 1 is 1.25 bits per heavy atom. The van der Waals surface area contributed by atoms with Crippen molar-refractivity contribution in [1.82, 2.24) is 0 Å². The van der Waals surface area contributed by atoms with Gasteiger partial charge in [-0.15, -0.1) is 0 Å². The number of hydrogen-bond acceptors (Lipinski definition) is 2. The van der Waals surface area contributed by atoms with Gasteiger partial charge in [-0.3, -0.25) is 4.79 Å². The van der Waals surface area contributed by atoms with Gasteiger partial charge in [-0.25, -0.2) is 0 Å². The maximum absolute atomic E-state index is 11.0. The maximum Gasteiger partial charge on any atom is 0.309 e. The highest BCUT2D eigenvalue weighted by Gasteiger charge is 2.27. The Hall–Kier alpha value is -1.35. The molecule has 88 valence electrons. The van der Waals surface area contributed by atoms with E-state index in [4.69, 9.17) is 10.8 Å². The lowest BCUT2D eigenvalue weighted by Crippen LogP contribution is -2.26. The Labute approximate surface area is 96.3 Å². The van der Waals surface area contributed by atoms with Crippen LogP contribution in [0.4, 0.5) is 0 Å². The normalized spacial score (nSPS) is 11.4. The van der Waals surface area contributed by atoms with Crippen LogP contribution < -0.4 is 5.73 Å². The van der Waals surface area contributed by atoms with Crippen LogP contribution in [0.1, 0.15) is 25.0 Å². The summed E-state index contributed by atoms with van der Waals surface area (Å²) in [6.07, 6.45) is 1.41. The average Bonchev–Trinajstić information content (AvgIpc) is 2.21. The van der Waals surface area contributed by atoms with E-state index in [1.807, 2.05) is 24.3 Å². The molecule has 0 bridgehead atoms. The molecule has 16 heavy (non-hydrogen) atoms. The lowest BCUT2D eigenvalue weighted by atomic mass is 9.86. The SMILES string of the molecule is CC(C)(Cc1ccc(CCN)cc1)C(=O)O. The molecule has 1 aromatic carbocycles. The Bertz CT molecular complexity index is 355. The van der Waals surface area contributed by atoms with E-state index in [0.717, 1.165) is 12.0 Å². The van der Waals surface area contributed by atoms with Crippen molar-refractivity contribution >= 4 is 5.97 Å². The van der Waals surface area contributed by atoms with Crippen molar-refractivity contribution in [2.24, 2.45) is 11.1 Å². The number of aliphatic carboxylic acids is 1. The molecule has 0 aliphatic rings. The number of carbonyl (C=O) groups is 1. The third-order valence-corrected chi connectivity index (χ3v) is 2.68. The molecule has 0 saturated carbocycles. The van der Waals surface area contributed by atoms with Crippen LogP contribution in [0.25, 0.3) is 0 Å². The van der Waals surface area contributed by atoms with Gasteiger partial charge < -0.3 is 10.8 Å². The van der Waals surface area contributed by atoms with Gasteiger partial charge >= 0.3 is 5.97 Å². The molecule has 3 nitrogen and oxygen atoms in total. The van der Waals surface area contributed by atoms with E-state index >= 15 is 0 Å². The highest BCUT2D eigenvalue weighted by atomic mass is 16.4. The summed E-state index contributed by atoms with van der Waals surface area (Å²) in [5, 5.41) is 9.02. The van der Waals surface area contributed by atoms with Gasteiger partial charge in [0.1, 0.15) is 0 Å². The van der Waals surface area contributed by atoms with Gasteiger partial charge in [-0.2, -0.15) is 0 Å². The molecule has 1 aromatic rings. The van der Waals surface area contributed by atoms with E-state index in [-0.39, 0.29) is 0 Å². The summed E-state index contributed by atoms with van der Waals surface area (Å²) in [6.45, 7) is 4.12. The monoisotopic (exact) mass is 221 g/mol. The first-order chi connectivity index (χ1) is 7.45. The van der Waals surface area contributed by atoms with Crippen molar-refractivity contribution in [3.8, 4) is 0 Å². The molecule has 0 unspecified atom stereocenters. The van der Waals surface area contributed by atoms with Crippen molar-refractivity contribution in [1.29, 1.82) is 0 Å². The largest absolute Gasteiger partial charge is 0.481 e. The second kappa shape index (κ2) is 5.12. The standard InChI is InChI=1S/C13H19NO2/c1-13(2,12(15)16)9-11-5-3-10(4-6-11)7-8-14/h3-6H,7-9,14H2,1-2H3,(H,15,16). The second-order valence-corrected chi connectivity index (χ2v) is 4.72. The van der Waals surface area contributed by atoms with Gasteiger partial charge in [-0.1, -0.05) is 24.3 Å². The van der Waals surface area contributed by atoms with Crippen LogP contribution in [-0.4, -0.2) is 17.6 Å². The molecular formula is C13H19NO2. The van der Waals surface area contributed by atoms with E-state index < -0.39 is 11.4 Å². The van der Waals surface area contributed by atoms with E-state index in [9.17, 15) is 4.79 Å². The van der Waals surface area contributed by atoms with E-state index in [1.165, 1.54) is 5.56 Å². The van der Waals surface area contributed by atoms with Crippen LogP contribution in [0.3, 0.4) is 0 Å². The summed E-state index contributed by atoms with van der Waals surface area (Å²) < 4.78 is 0. The van der Waals surface area contributed by atoms with E-state index in [2.05, 4.69) is 0 Å². The van der Waals surface area contributed by atoms with Gasteiger partial charge in [0.2, 0.25) is 0 Å². The molecule has 0 aliphatic carbocycles. The molecule has 0 atom stereocenters. The van der Waals surface area contributed by atoms with Gasteiger partial charge in [0.15, 0.2) is 0 Å². The van der Waals surface area contributed by atoms with Gasteiger partial charge in [0.05, 0.1) is 5.41 Å². The number of nitrogens with two attached hydrogens (primary N) is 1. The van der Waals surface area contributed by atoms with Crippen LogP contribution in [-0.2, 0) is 17.6 Å². The minimum atomic E-state index is -0.765. The Balaban J connectivity index is 2.72. The molecule has 3 N–H and O–H groups in total. The third-order valence-electron chi connectivity index (χ3n) is 2.68. The van der Waals surface area contributed by atoms with E-state index in [1.54, 1.807) is 13.8 Å². The predicted molar refractivity (Wildman–Crippen MR) is 64.3 cm³/mol. The van der Waals surface area contributed by atoms with Crippen molar-refractivity contribution in [3.05, 3.63) is 35.4 Å². The van der Waals surface area contributed by atoms with E-state index in [0.29, 0.717) is 13.0 Å². The highest BCUT2D eigenvalue weighted by Crippen LogP contribution is 2.22. The zero-order valence-electron chi connectivity index (χ0n) is 9.86. The van der Waals surface area contributed by atoms with Crippen LogP contribution >= 0.6 is 0 Å². The Morgan fingerprint density at radius 3 is 2.19 bits per heavy atom. The molecular weight excluding hydrogens is 202 g/mol. The summed E-state index contributed by atoms with van der Waals surface area (Å²) in [5.41, 5.74) is 6.99. The topological polar surface area (TPSA) is 63.3 Å². The number of rotatable bonds is 5. The first-order valence-corrected chi connectivity index (χ1v) is 5.47. The molecule has 3 heteroatoms. The predicted octanol–water partition coefficient (Wildman–Crippen LogP) is 1.84. The zero-order chi connectivity index (χ0) is 12.2. The van der Waals surface area contributed by atoms with Gasteiger partial charge in [0, 0.05) is 0 Å². The van der Waals surface area contributed by atoms with Crippen LogP contribution in [0.15, 0.2) is 24.3 Å². The van der Waals surface area contributed by atoms with Crippen LogP contribution in [0.5, 0.6) is 0 Å². The molecule has 1 rings (SSSR count).